The van der Waals surface area contributed by atoms with Crippen molar-refractivity contribution < 1.29 is 14.9 Å². The van der Waals surface area contributed by atoms with E-state index in [9.17, 15) is 19.8 Å². The van der Waals surface area contributed by atoms with Crippen LogP contribution in [0.4, 0.5) is 0 Å². The summed E-state index contributed by atoms with van der Waals surface area (Å²) in [6.45, 7) is -0.254. The minimum atomic E-state index is -0.988. The minimum Gasteiger partial charge on any atom is -0.394 e. The van der Waals surface area contributed by atoms with Gasteiger partial charge in [-0.2, -0.15) is 0 Å². The third-order valence-electron chi connectivity index (χ3n) is 4.71. The molecule has 0 aromatic carbocycles. The Morgan fingerprint density at radius 3 is 2.70 bits per heavy atom. The lowest BCUT2D eigenvalue weighted by Gasteiger charge is -2.29. The summed E-state index contributed by atoms with van der Waals surface area (Å²) in [7, 11) is 0. The molecule has 0 bridgehead atoms. The van der Waals surface area contributed by atoms with Crippen LogP contribution in [0.1, 0.15) is 38.3 Å². The Hall–Kier alpha value is -1.48. The maximum Gasteiger partial charge on any atom is 0.330 e. The molecule has 128 valence electrons. The molecule has 2 heterocycles. The Kier molecular flexibility index (Phi) is 4.96. The second kappa shape index (κ2) is 6.96. The van der Waals surface area contributed by atoms with Crippen molar-refractivity contribution in [2.45, 2.75) is 62.6 Å². The number of aliphatic hydroxyl groups is 2. The first-order valence-corrected chi connectivity index (χ1v) is 8.12. The van der Waals surface area contributed by atoms with E-state index in [0.29, 0.717) is 0 Å². The molecule has 1 aliphatic heterocycles. The predicted molar refractivity (Wildman–Crippen MR) is 82.1 cm³/mol. The normalized spacial score (nSPS) is 32.3. The average molecular weight is 325 g/mol. The van der Waals surface area contributed by atoms with Crippen LogP contribution in [0.25, 0.3) is 0 Å². The van der Waals surface area contributed by atoms with Crippen LogP contribution >= 0.6 is 0 Å². The van der Waals surface area contributed by atoms with Crippen molar-refractivity contribution in [2.75, 3.05) is 6.61 Å². The smallest absolute Gasteiger partial charge is 0.330 e. The van der Waals surface area contributed by atoms with E-state index in [4.69, 9.17) is 4.74 Å². The standard InChI is InChI=1S/C15H23N3O5/c19-8-10-12(16-9-4-2-1-3-5-9)13(21)14(23-10)18-7-6-11(20)17-15(18)22/h6-7,9-10,12-14,16,19,21H,1-5,8H2,(H,17,20,22)/t10-,12-,13+,14-/m1/s1. The summed E-state index contributed by atoms with van der Waals surface area (Å²) in [6, 6.07) is 1.03. The van der Waals surface area contributed by atoms with Crippen LogP contribution in [0.2, 0.25) is 0 Å². The van der Waals surface area contributed by atoms with Gasteiger partial charge in [0.2, 0.25) is 0 Å². The summed E-state index contributed by atoms with van der Waals surface area (Å²) >= 11 is 0. The molecule has 4 N–H and O–H groups in total. The van der Waals surface area contributed by atoms with Gasteiger partial charge in [-0.05, 0) is 12.8 Å². The second-order valence-corrected chi connectivity index (χ2v) is 6.28. The molecule has 0 unspecified atom stereocenters. The highest BCUT2D eigenvalue weighted by atomic mass is 16.5. The Morgan fingerprint density at radius 2 is 2.04 bits per heavy atom. The van der Waals surface area contributed by atoms with Crippen molar-refractivity contribution in [3.05, 3.63) is 33.1 Å². The number of aromatic nitrogens is 2. The quantitative estimate of drug-likeness (QED) is 0.569. The zero-order valence-electron chi connectivity index (χ0n) is 12.9. The maximum atomic E-state index is 11.9. The van der Waals surface area contributed by atoms with Crippen molar-refractivity contribution >= 4 is 0 Å². The summed E-state index contributed by atoms with van der Waals surface area (Å²) in [6.07, 6.45) is 4.36. The zero-order chi connectivity index (χ0) is 16.4. The highest BCUT2D eigenvalue weighted by Gasteiger charge is 2.45. The summed E-state index contributed by atoms with van der Waals surface area (Å²) in [5.74, 6) is 0. The number of hydrogen-bond donors (Lipinski definition) is 4. The van der Waals surface area contributed by atoms with Gasteiger partial charge in [0.1, 0.15) is 12.2 Å². The fourth-order valence-electron chi connectivity index (χ4n) is 3.50. The molecule has 1 saturated heterocycles. The highest BCUT2D eigenvalue weighted by Crippen LogP contribution is 2.29. The van der Waals surface area contributed by atoms with E-state index in [2.05, 4.69) is 10.3 Å². The Morgan fingerprint density at radius 1 is 1.30 bits per heavy atom. The molecule has 4 atom stereocenters. The summed E-state index contributed by atoms with van der Waals surface area (Å²) < 4.78 is 6.81. The third kappa shape index (κ3) is 3.40. The van der Waals surface area contributed by atoms with Crippen LogP contribution < -0.4 is 16.6 Å². The number of H-pyrrole nitrogens is 1. The van der Waals surface area contributed by atoms with E-state index in [1.54, 1.807) is 0 Å². The van der Waals surface area contributed by atoms with Gasteiger partial charge in [0.15, 0.2) is 6.23 Å². The molecular formula is C15H23N3O5. The van der Waals surface area contributed by atoms with E-state index in [0.717, 1.165) is 30.3 Å². The van der Waals surface area contributed by atoms with Gasteiger partial charge in [-0.3, -0.25) is 14.3 Å². The van der Waals surface area contributed by atoms with Crippen LogP contribution in [0.15, 0.2) is 21.9 Å². The minimum absolute atomic E-state index is 0.254. The van der Waals surface area contributed by atoms with Crippen LogP contribution in [0.5, 0.6) is 0 Å². The summed E-state index contributed by atoms with van der Waals surface area (Å²) in [4.78, 5) is 25.2. The molecule has 0 amide bonds. The fraction of sp³-hybridized carbons (Fsp3) is 0.733. The first-order chi connectivity index (χ1) is 11.1. The molecule has 2 aliphatic rings. The Balaban J connectivity index is 1.78. The average Bonchev–Trinajstić information content (AvgIpc) is 2.85. The lowest BCUT2D eigenvalue weighted by atomic mass is 9.93. The van der Waals surface area contributed by atoms with Crippen molar-refractivity contribution in [2.24, 2.45) is 0 Å². The van der Waals surface area contributed by atoms with E-state index in [-0.39, 0.29) is 12.6 Å². The second-order valence-electron chi connectivity index (χ2n) is 6.28. The first-order valence-electron chi connectivity index (χ1n) is 8.12. The predicted octanol–water partition coefficient (Wildman–Crippen LogP) is -0.922. The van der Waals surface area contributed by atoms with Crippen molar-refractivity contribution in [1.29, 1.82) is 0 Å². The van der Waals surface area contributed by atoms with Gasteiger partial charge < -0.3 is 20.3 Å². The zero-order valence-corrected chi connectivity index (χ0v) is 12.9. The SMILES string of the molecule is O=c1ccn([C@@H]2O[C@H](CO)[C@@H](NC3CCCCC3)[C@@H]2O)c(=O)[nH]1. The molecule has 8 nitrogen and oxygen atoms in total. The number of nitrogens with one attached hydrogen (secondary N) is 2. The van der Waals surface area contributed by atoms with Crippen LogP contribution in [0, 0.1) is 0 Å². The molecule has 0 radical (unpaired) electrons. The lowest BCUT2D eigenvalue weighted by Crippen LogP contribution is -2.50. The molecule has 1 saturated carbocycles. The van der Waals surface area contributed by atoms with E-state index >= 15 is 0 Å². The molecule has 2 fully saturated rings. The van der Waals surface area contributed by atoms with Gasteiger partial charge >= 0.3 is 5.69 Å². The molecule has 1 aromatic rings. The topological polar surface area (TPSA) is 117 Å². The summed E-state index contributed by atoms with van der Waals surface area (Å²) in [5.41, 5.74) is -1.15. The number of aliphatic hydroxyl groups excluding tert-OH is 2. The van der Waals surface area contributed by atoms with Gasteiger partial charge in [-0.15, -0.1) is 0 Å². The van der Waals surface area contributed by atoms with Gasteiger partial charge in [-0.1, -0.05) is 19.3 Å². The van der Waals surface area contributed by atoms with Gasteiger partial charge in [0.25, 0.3) is 5.56 Å². The molecule has 8 heteroatoms. The Bertz CT molecular complexity index is 636. The van der Waals surface area contributed by atoms with Crippen molar-refractivity contribution in [1.82, 2.24) is 14.9 Å². The molecule has 23 heavy (non-hydrogen) atoms. The molecular weight excluding hydrogens is 302 g/mol. The van der Waals surface area contributed by atoms with Gasteiger partial charge in [0.05, 0.1) is 12.6 Å². The van der Waals surface area contributed by atoms with Crippen molar-refractivity contribution in [3.8, 4) is 0 Å². The maximum absolute atomic E-state index is 11.9. The molecule has 3 rings (SSSR count). The third-order valence-corrected chi connectivity index (χ3v) is 4.71. The number of nitrogens with zero attached hydrogens (tertiary/aromatic N) is 1. The van der Waals surface area contributed by atoms with E-state index < -0.39 is 35.7 Å². The molecule has 1 aliphatic carbocycles. The van der Waals surface area contributed by atoms with Crippen LogP contribution in [-0.4, -0.2) is 50.7 Å². The number of rotatable bonds is 4. The number of aromatic amines is 1. The van der Waals surface area contributed by atoms with Crippen LogP contribution in [-0.2, 0) is 4.74 Å². The van der Waals surface area contributed by atoms with E-state index in [1.165, 1.54) is 18.7 Å². The Labute approximate surface area is 133 Å². The van der Waals surface area contributed by atoms with Gasteiger partial charge in [-0.25, -0.2) is 4.79 Å². The fourth-order valence-corrected chi connectivity index (χ4v) is 3.50. The summed E-state index contributed by atoms with van der Waals surface area (Å²) in [5, 5.41) is 23.5. The highest BCUT2D eigenvalue weighted by molar-refractivity contribution is 4.98. The van der Waals surface area contributed by atoms with Crippen molar-refractivity contribution in [3.63, 3.8) is 0 Å². The number of hydrogen-bond acceptors (Lipinski definition) is 6. The van der Waals surface area contributed by atoms with Crippen LogP contribution in [0.3, 0.4) is 0 Å². The van der Waals surface area contributed by atoms with Gasteiger partial charge in [0, 0.05) is 18.3 Å². The number of ether oxygens (including phenoxy) is 1. The monoisotopic (exact) mass is 325 g/mol. The molecule has 1 aromatic heterocycles. The van der Waals surface area contributed by atoms with E-state index in [1.807, 2.05) is 0 Å². The first kappa shape index (κ1) is 16.4. The largest absolute Gasteiger partial charge is 0.394 e. The molecule has 0 spiro atoms. The lowest BCUT2D eigenvalue weighted by molar-refractivity contribution is -0.0533.